The van der Waals surface area contributed by atoms with Crippen molar-refractivity contribution in [2.45, 2.75) is 262 Å². The van der Waals surface area contributed by atoms with Crippen molar-refractivity contribution in [2.75, 3.05) is 159 Å². The Morgan fingerprint density at radius 2 is 0.595 bits per heavy atom. The summed E-state index contributed by atoms with van der Waals surface area (Å²) in [6, 6.07) is 0. The molecule has 6 unspecified atom stereocenters. The lowest BCUT2D eigenvalue weighted by atomic mass is 9.91. The molecule has 2 aliphatic carbocycles. The van der Waals surface area contributed by atoms with Gasteiger partial charge >= 0.3 is 47.8 Å². The lowest BCUT2D eigenvalue weighted by molar-refractivity contribution is -0.285. The second-order valence-electron chi connectivity index (χ2n) is 35.1. The molecule has 8 fully saturated rings. The molecule has 8 aliphatic rings. The molecular weight excluding hydrogens is 1630 g/mol. The first-order valence-corrected chi connectivity index (χ1v) is 45.8. The van der Waals surface area contributed by atoms with E-state index in [2.05, 4.69) is 74.1 Å². The van der Waals surface area contributed by atoms with Crippen LogP contribution >= 0.6 is 0 Å². The molecule has 6 aliphatic heterocycles. The Bertz CT molecular complexity index is 3200. The van der Waals surface area contributed by atoms with Crippen molar-refractivity contribution in [3.05, 3.63) is 74.4 Å². The van der Waals surface area contributed by atoms with Crippen molar-refractivity contribution in [2.24, 2.45) is 71.0 Å². The molecule has 126 heavy (non-hydrogen) atoms. The fourth-order valence-electron chi connectivity index (χ4n) is 14.5. The van der Waals surface area contributed by atoms with Gasteiger partial charge < -0.3 is 104 Å². The van der Waals surface area contributed by atoms with Crippen LogP contribution in [0.2, 0.25) is 0 Å². The number of hydrogen-bond donors (Lipinski definition) is 0. The molecule has 724 valence electrons. The maximum Gasteiger partial charge on any atom is 0.344 e. The van der Waals surface area contributed by atoms with E-state index in [1.54, 1.807) is 13.8 Å². The molecule has 0 aromatic rings. The van der Waals surface area contributed by atoms with Crippen LogP contribution in [0.1, 0.15) is 227 Å². The van der Waals surface area contributed by atoms with E-state index >= 15 is 0 Å². The number of ether oxygens (including phenoxy) is 22. The van der Waals surface area contributed by atoms with Crippen molar-refractivity contribution >= 4 is 47.8 Å². The summed E-state index contributed by atoms with van der Waals surface area (Å²) in [6.07, 6.45) is 19.3. The molecule has 0 amide bonds. The number of hydrogen-bond acceptors (Lipinski definition) is 30. The third-order valence-corrected chi connectivity index (χ3v) is 23.8. The zero-order chi connectivity index (χ0) is 93.9. The maximum atomic E-state index is 11.7. The Morgan fingerprint density at radius 1 is 0.325 bits per heavy atom. The van der Waals surface area contributed by atoms with E-state index in [1.807, 2.05) is 62.3 Å². The van der Waals surface area contributed by atoms with Gasteiger partial charge in [-0.25, -0.2) is 33.6 Å². The summed E-state index contributed by atoms with van der Waals surface area (Å²) in [4.78, 5) is 90.0. The van der Waals surface area contributed by atoms with Crippen LogP contribution in [0.25, 0.3) is 0 Å². The molecule has 8 rings (SSSR count). The predicted molar refractivity (Wildman–Crippen MR) is 472 cm³/mol. The molecule has 6 saturated heterocycles. The second-order valence-corrected chi connectivity index (χ2v) is 35.1. The standard InChI is InChI=1S/C18H28O6.C16H26O6.C16H28O5.C16H26O4.C15H26O5.C15H26O4/c1-4-14(9-21-16(19)12-22-17(20)13(2)3)15-10-23-18(24-11-15)7-5-6-8-18;1-5-12(13-10-21-16(3,4)22-11-13)9-20-15(18)7-8-19-14(17)6-2;1-5-13(14-11-20-16(3,4)21-12-14)10-18-8-7-9-19-15(17)6-2;1-4-13(9-18-15(17)12(2)3)14-10-19-16(20-11-14)7-5-6-8-16;1-5-12(9-17-7-8-18-14(16)6-2)13-10-19-15(3,4)20-11-13;1-6-12(8-17-14(16)11(3)4)13-9-18-15(5,7-2)19-10-13/h14-15H,2,4-12H2,1,3H3;6,12-13H,2,5,7-11H2,1,3-4H3;6,13-14H,2,5,7-12H2,1,3-4H3;13-14H,2,4-11H2,1,3H3;6,12-13H,2,5,7-11H2,1,3-4H3;12-13H,3,6-10H2,1-2,4-5H3. The van der Waals surface area contributed by atoms with Crippen LogP contribution in [0.15, 0.2) is 74.4 Å². The van der Waals surface area contributed by atoms with E-state index in [1.165, 1.54) is 25.8 Å². The summed E-state index contributed by atoms with van der Waals surface area (Å²) in [5.74, 6) is -2.63. The van der Waals surface area contributed by atoms with Crippen LogP contribution in [0, 0.1) is 71.0 Å². The summed E-state index contributed by atoms with van der Waals surface area (Å²) in [5.41, 5.74) is 1.14. The van der Waals surface area contributed by atoms with Gasteiger partial charge in [0.1, 0.15) is 13.2 Å². The average Bonchev–Trinajstić information content (AvgIpc) is 1.65. The van der Waals surface area contributed by atoms with Gasteiger partial charge in [-0.3, -0.25) is 4.79 Å². The highest BCUT2D eigenvalue weighted by molar-refractivity contribution is 5.89. The highest BCUT2D eigenvalue weighted by Gasteiger charge is 2.45. The molecule has 30 heteroatoms. The Morgan fingerprint density at radius 3 is 0.905 bits per heavy atom. The van der Waals surface area contributed by atoms with Crippen LogP contribution in [-0.4, -0.2) is 241 Å². The van der Waals surface area contributed by atoms with Crippen molar-refractivity contribution < 1.29 is 143 Å². The minimum atomic E-state index is -0.588. The van der Waals surface area contributed by atoms with Gasteiger partial charge in [0.2, 0.25) is 0 Å². The molecular formula is C96H160O30. The normalized spacial score (nSPS) is 22.1. The van der Waals surface area contributed by atoms with Crippen LogP contribution in [-0.2, 0) is 143 Å². The summed E-state index contributed by atoms with van der Waals surface area (Å²) >= 11 is 0. The second kappa shape index (κ2) is 60.6. The highest BCUT2D eigenvalue weighted by atomic mass is 16.7. The van der Waals surface area contributed by atoms with E-state index in [0.29, 0.717) is 179 Å². The van der Waals surface area contributed by atoms with Gasteiger partial charge in [-0.1, -0.05) is 101 Å². The first-order valence-electron chi connectivity index (χ1n) is 45.8. The van der Waals surface area contributed by atoms with Gasteiger partial charge in [0.05, 0.1) is 125 Å². The van der Waals surface area contributed by atoms with E-state index in [0.717, 1.165) is 95.6 Å². The van der Waals surface area contributed by atoms with Crippen LogP contribution in [0.4, 0.5) is 0 Å². The van der Waals surface area contributed by atoms with Crippen LogP contribution in [0.3, 0.4) is 0 Å². The van der Waals surface area contributed by atoms with Crippen LogP contribution in [0.5, 0.6) is 0 Å². The average molecular weight is 1790 g/mol. The summed E-state index contributed by atoms with van der Waals surface area (Å²) < 4.78 is 121. The molecule has 0 bridgehead atoms. The van der Waals surface area contributed by atoms with Crippen molar-refractivity contribution in [3.63, 3.8) is 0 Å². The van der Waals surface area contributed by atoms with E-state index in [4.69, 9.17) is 104 Å². The monoisotopic (exact) mass is 1790 g/mol. The van der Waals surface area contributed by atoms with Gasteiger partial charge in [-0.15, -0.1) is 0 Å². The fourth-order valence-corrected chi connectivity index (χ4v) is 14.5. The first kappa shape index (κ1) is 114. The zero-order valence-corrected chi connectivity index (χ0v) is 79.6. The van der Waals surface area contributed by atoms with E-state index in [9.17, 15) is 38.4 Å². The number of esters is 8. The first-order chi connectivity index (χ1) is 59.8. The molecule has 30 nitrogen and oxygen atoms in total. The minimum Gasteiger partial charge on any atom is -0.465 e. The van der Waals surface area contributed by atoms with Gasteiger partial charge in [0.25, 0.3) is 0 Å². The Kier molecular flexibility index (Phi) is 54.7. The molecule has 0 aromatic heterocycles. The van der Waals surface area contributed by atoms with Gasteiger partial charge in [0.15, 0.2) is 41.3 Å². The minimum absolute atomic E-state index is 0.00428. The lowest BCUT2D eigenvalue weighted by Gasteiger charge is -2.40. The summed E-state index contributed by atoms with van der Waals surface area (Å²) in [6.45, 7) is 65.5. The lowest BCUT2D eigenvalue weighted by Crippen LogP contribution is -2.45. The van der Waals surface area contributed by atoms with Crippen molar-refractivity contribution in [1.82, 2.24) is 0 Å². The SMILES string of the molecule is C=C(C)C(=O)OCC(=O)OCC(CC)C1COC2(CCCC2)OC1.C=C(C)C(=O)OCC(CC)C1COC(C)(CC)OC1.C=C(C)C(=O)OCC(CC)C1COC2(CCCC2)OC1.C=CC(=O)OCCC(=O)OCC(CC)C1COC(C)(C)OC1.C=CC(=O)OCCCOCC(CC)C1COC(C)(C)OC1.C=CC(=O)OCCOCC(CC)C1COC(C)(C)OC1. The third-order valence-electron chi connectivity index (χ3n) is 23.8. The van der Waals surface area contributed by atoms with Crippen LogP contribution < -0.4 is 0 Å². The van der Waals surface area contributed by atoms with Crippen molar-refractivity contribution in [3.8, 4) is 0 Å². The van der Waals surface area contributed by atoms with Crippen molar-refractivity contribution in [1.29, 1.82) is 0 Å². The number of carbonyl (C=O) groups excluding carboxylic acids is 8. The fraction of sp³-hybridized carbons (Fsp3) is 0.792. The Balaban J connectivity index is 0.000000391. The smallest absolute Gasteiger partial charge is 0.344 e. The molecule has 2 saturated carbocycles. The highest BCUT2D eigenvalue weighted by Crippen LogP contribution is 2.41. The Labute approximate surface area is 752 Å². The molecule has 0 N–H and O–H groups in total. The molecule has 6 atom stereocenters. The third kappa shape index (κ3) is 45.0. The topological polar surface area (TPSA) is 340 Å². The summed E-state index contributed by atoms with van der Waals surface area (Å²) in [7, 11) is 0. The number of carbonyl (C=O) groups is 8. The molecule has 6 heterocycles. The van der Waals surface area contributed by atoms with Gasteiger partial charge in [-0.05, 0) is 139 Å². The Hall–Kier alpha value is -6.36. The largest absolute Gasteiger partial charge is 0.465 e. The van der Waals surface area contributed by atoms with E-state index in [-0.39, 0.29) is 115 Å². The quantitative estimate of drug-likeness (QED) is 0.0237. The molecule has 2 spiro atoms. The van der Waals surface area contributed by atoms with Gasteiger partial charge in [0, 0.05) is 146 Å². The summed E-state index contributed by atoms with van der Waals surface area (Å²) in [5, 5.41) is 0. The van der Waals surface area contributed by atoms with E-state index < -0.39 is 47.0 Å². The maximum absolute atomic E-state index is 11.7. The predicted octanol–water partition coefficient (Wildman–Crippen LogP) is 15.4. The zero-order valence-electron chi connectivity index (χ0n) is 79.6. The van der Waals surface area contributed by atoms with Gasteiger partial charge in [-0.2, -0.15) is 0 Å². The molecule has 0 aromatic carbocycles. The number of rotatable bonds is 43. The molecule has 0 radical (unpaired) electrons.